The van der Waals surface area contributed by atoms with Crippen LogP contribution in [0.25, 0.3) is 0 Å². The zero-order chi connectivity index (χ0) is 14.8. The van der Waals surface area contributed by atoms with Crippen LogP contribution in [0.1, 0.15) is 43.8 Å². The van der Waals surface area contributed by atoms with Crippen LogP contribution >= 0.6 is 0 Å². The molecule has 4 heteroatoms. The van der Waals surface area contributed by atoms with E-state index in [1.807, 2.05) is 0 Å². The van der Waals surface area contributed by atoms with Crippen LogP contribution in [0.3, 0.4) is 0 Å². The highest BCUT2D eigenvalue weighted by Gasteiger charge is 2.29. The van der Waals surface area contributed by atoms with E-state index in [4.69, 9.17) is 0 Å². The van der Waals surface area contributed by atoms with Gasteiger partial charge in [-0.1, -0.05) is 12.1 Å². The van der Waals surface area contributed by atoms with Gasteiger partial charge in [0.1, 0.15) is 0 Å². The van der Waals surface area contributed by atoms with Crippen LogP contribution in [0.5, 0.6) is 0 Å². The van der Waals surface area contributed by atoms with Crippen LogP contribution in [0.2, 0.25) is 0 Å². The van der Waals surface area contributed by atoms with E-state index in [1.165, 1.54) is 37.8 Å². The molecule has 2 saturated carbocycles. The Balaban J connectivity index is 1.54. The number of halogens is 2. The highest BCUT2D eigenvalue weighted by atomic mass is 19.2. The van der Waals surface area contributed by atoms with Gasteiger partial charge in [0.2, 0.25) is 0 Å². The molecular weight excluding hydrogens is 272 g/mol. The fourth-order valence-corrected chi connectivity index (χ4v) is 2.83. The Morgan fingerprint density at radius 1 is 1.10 bits per heavy atom. The van der Waals surface area contributed by atoms with Crippen molar-refractivity contribution in [2.24, 2.45) is 11.8 Å². The lowest BCUT2D eigenvalue weighted by molar-refractivity contribution is 0.134. The first-order valence-corrected chi connectivity index (χ1v) is 7.98. The topological polar surface area (TPSA) is 23.5 Å². The summed E-state index contributed by atoms with van der Waals surface area (Å²) in [5, 5.41) is 10.1. The van der Waals surface area contributed by atoms with Crippen molar-refractivity contribution in [3.05, 3.63) is 35.4 Å². The van der Waals surface area contributed by atoms with Gasteiger partial charge in [0.15, 0.2) is 11.6 Å². The summed E-state index contributed by atoms with van der Waals surface area (Å²) in [4.78, 5) is 2.40. The first-order valence-electron chi connectivity index (χ1n) is 7.98. The number of hydrogen-bond donors (Lipinski definition) is 1. The fraction of sp³-hybridized carbons (Fsp3) is 0.647. The molecule has 0 amide bonds. The van der Waals surface area contributed by atoms with Crippen LogP contribution < -0.4 is 0 Å². The second-order valence-electron chi connectivity index (χ2n) is 6.59. The number of aliphatic hydroxyl groups is 1. The molecule has 1 aromatic carbocycles. The van der Waals surface area contributed by atoms with Crippen molar-refractivity contribution in [3.8, 4) is 0 Å². The number of rotatable bonds is 8. The molecule has 0 aliphatic heterocycles. The van der Waals surface area contributed by atoms with E-state index >= 15 is 0 Å². The molecule has 116 valence electrons. The molecule has 0 aromatic heterocycles. The maximum Gasteiger partial charge on any atom is 0.164 e. The van der Waals surface area contributed by atoms with Gasteiger partial charge in [0, 0.05) is 25.2 Å². The average molecular weight is 295 g/mol. The van der Waals surface area contributed by atoms with Gasteiger partial charge in [-0.2, -0.15) is 0 Å². The van der Waals surface area contributed by atoms with E-state index < -0.39 is 17.7 Å². The first-order chi connectivity index (χ1) is 10.1. The molecule has 1 aromatic rings. The van der Waals surface area contributed by atoms with E-state index in [1.54, 1.807) is 0 Å². The van der Waals surface area contributed by atoms with Crippen molar-refractivity contribution in [1.29, 1.82) is 0 Å². The number of benzene rings is 1. The molecule has 0 spiro atoms. The van der Waals surface area contributed by atoms with E-state index in [0.29, 0.717) is 6.42 Å². The predicted molar refractivity (Wildman–Crippen MR) is 77.8 cm³/mol. The smallest absolute Gasteiger partial charge is 0.164 e. The van der Waals surface area contributed by atoms with Crippen molar-refractivity contribution in [1.82, 2.24) is 4.90 Å². The molecule has 0 heterocycles. The highest BCUT2D eigenvalue weighted by Crippen LogP contribution is 2.34. The van der Waals surface area contributed by atoms with Gasteiger partial charge in [0.05, 0.1) is 6.10 Å². The van der Waals surface area contributed by atoms with Crippen LogP contribution in [0.4, 0.5) is 8.78 Å². The van der Waals surface area contributed by atoms with Crippen molar-refractivity contribution >= 4 is 0 Å². The monoisotopic (exact) mass is 295 g/mol. The van der Waals surface area contributed by atoms with Gasteiger partial charge in [0.25, 0.3) is 0 Å². The minimum absolute atomic E-state index is 0.0767. The van der Waals surface area contributed by atoms with E-state index in [9.17, 15) is 13.9 Å². The van der Waals surface area contributed by atoms with Crippen LogP contribution in [0, 0.1) is 23.5 Å². The summed E-state index contributed by atoms with van der Waals surface area (Å²) in [5.41, 5.74) is 0.0767. The van der Waals surface area contributed by atoms with Gasteiger partial charge < -0.3 is 10.0 Å². The van der Waals surface area contributed by atoms with Gasteiger partial charge in [-0.25, -0.2) is 8.78 Å². The summed E-state index contributed by atoms with van der Waals surface area (Å²) in [7, 11) is 0. The van der Waals surface area contributed by atoms with Crippen LogP contribution in [-0.4, -0.2) is 29.6 Å². The maximum absolute atomic E-state index is 13.7. The minimum atomic E-state index is -0.929. The van der Waals surface area contributed by atoms with Crippen LogP contribution in [-0.2, 0) is 0 Å². The third-order valence-electron chi connectivity index (χ3n) is 4.49. The van der Waals surface area contributed by atoms with Crippen molar-refractivity contribution < 1.29 is 13.9 Å². The molecule has 0 saturated heterocycles. The molecule has 1 N–H and O–H groups in total. The molecule has 1 atom stereocenters. The number of hydrogen-bond acceptors (Lipinski definition) is 2. The van der Waals surface area contributed by atoms with Gasteiger partial charge >= 0.3 is 0 Å². The Morgan fingerprint density at radius 2 is 1.71 bits per heavy atom. The summed E-state index contributed by atoms with van der Waals surface area (Å²) < 4.78 is 26.9. The second-order valence-corrected chi connectivity index (χ2v) is 6.59. The Morgan fingerprint density at radius 3 is 2.29 bits per heavy atom. The van der Waals surface area contributed by atoms with Gasteiger partial charge in [-0.15, -0.1) is 0 Å². The van der Waals surface area contributed by atoms with E-state index in [-0.39, 0.29) is 5.56 Å². The molecule has 2 aliphatic carbocycles. The average Bonchev–Trinajstić information content (AvgIpc) is 3.35. The van der Waals surface area contributed by atoms with Crippen molar-refractivity contribution in [3.63, 3.8) is 0 Å². The Kier molecular flexibility index (Phi) is 4.55. The summed E-state index contributed by atoms with van der Waals surface area (Å²) in [6.45, 7) is 2.94. The normalized spacial score (nSPS) is 20.0. The molecule has 0 bridgehead atoms. The summed E-state index contributed by atoms with van der Waals surface area (Å²) in [6, 6.07) is 4.00. The lowest BCUT2D eigenvalue weighted by Gasteiger charge is -2.23. The molecule has 2 fully saturated rings. The molecule has 2 nitrogen and oxygen atoms in total. The molecule has 1 unspecified atom stereocenters. The second kappa shape index (κ2) is 6.41. The fourth-order valence-electron chi connectivity index (χ4n) is 2.83. The minimum Gasteiger partial charge on any atom is -0.388 e. The molecule has 21 heavy (non-hydrogen) atoms. The van der Waals surface area contributed by atoms with Gasteiger partial charge in [-0.05, 0) is 50.0 Å². The predicted octanol–water partition coefficient (Wildman–Crippen LogP) is 3.51. The lowest BCUT2D eigenvalue weighted by Crippen LogP contribution is -2.30. The molecular formula is C17H23F2NO. The maximum atomic E-state index is 13.7. The zero-order valence-corrected chi connectivity index (χ0v) is 12.3. The Hall–Kier alpha value is -1.00. The molecule has 2 aliphatic rings. The first kappa shape index (κ1) is 14.9. The summed E-state index contributed by atoms with van der Waals surface area (Å²) in [5.74, 6) is -0.182. The van der Waals surface area contributed by atoms with Crippen molar-refractivity contribution in [2.45, 2.75) is 38.2 Å². The van der Waals surface area contributed by atoms with Gasteiger partial charge in [-0.3, -0.25) is 0 Å². The largest absolute Gasteiger partial charge is 0.388 e. The quantitative estimate of drug-likeness (QED) is 0.793. The van der Waals surface area contributed by atoms with E-state index in [0.717, 1.165) is 37.5 Å². The Bertz CT molecular complexity index is 472. The SMILES string of the molecule is OC(CCN(CC1CC1)CC1CC1)c1cccc(F)c1F. The Labute approximate surface area is 124 Å². The lowest BCUT2D eigenvalue weighted by atomic mass is 10.1. The number of aliphatic hydroxyl groups excluding tert-OH is 1. The van der Waals surface area contributed by atoms with Crippen molar-refractivity contribution in [2.75, 3.05) is 19.6 Å². The highest BCUT2D eigenvalue weighted by molar-refractivity contribution is 5.21. The van der Waals surface area contributed by atoms with E-state index in [2.05, 4.69) is 4.90 Å². The number of nitrogens with zero attached hydrogens (tertiary/aromatic N) is 1. The summed E-state index contributed by atoms with van der Waals surface area (Å²) in [6.07, 6.45) is 4.76. The zero-order valence-electron chi connectivity index (χ0n) is 12.3. The standard InChI is InChI=1S/C17H23F2NO/c18-15-3-1-2-14(17(15)19)16(21)8-9-20(10-12-4-5-12)11-13-6-7-13/h1-3,12-13,16,21H,4-11H2. The summed E-state index contributed by atoms with van der Waals surface area (Å²) >= 11 is 0. The third kappa shape index (κ3) is 4.24. The molecule has 3 rings (SSSR count). The van der Waals surface area contributed by atoms with Crippen LogP contribution in [0.15, 0.2) is 18.2 Å². The third-order valence-corrected chi connectivity index (χ3v) is 4.49. The molecule has 0 radical (unpaired) electrons.